The van der Waals surface area contributed by atoms with E-state index in [4.69, 9.17) is 4.74 Å². The van der Waals surface area contributed by atoms with E-state index >= 15 is 0 Å². The number of alkyl halides is 3. The van der Waals surface area contributed by atoms with Crippen molar-refractivity contribution >= 4 is 0 Å². The monoisotopic (exact) mass is 453 g/mol. The number of ether oxygens (including phenoxy) is 1. The van der Waals surface area contributed by atoms with Crippen LogP contribution in [0.5, 0.6) is 0 Å². The molecule has 0 N–H and O–H groups in total. The second kappa shape index (κ2) is 8.47. The molecule has 0 saturated carbocycles. The van der Waals surface area contributed by atoms with Gasteiger partial charge >= 0.3 is 6.18 Å². The van der Waals surface area contributed by atoms with E-state index in [1.54, 1.807) is 33.9 Å². The number of benzene rings is 1. The second-order valence-electron chi connectivity index (χ2n) is 8.15. The molecule has 0 aliphatic carbocycles. The van der Waals surface area contributed by atoms with E-state index < -0.39 is 11.7 Å². The van der Waals surface area contributed by atoms with Crippen molar-refractivity contribution in [3.63, 3.8) is 0 Å². The first-order valence-electron chi connectivity index (χ1n) is 10.7. The van der Waals surface area contributed by atoms with Gasteiger partial charge in [-0.25, -0.2) is 0 Å². The molecule has 1 aliphatic heterocycles. The summed E-state index contributed by atoms with van der Waals surface area (Å²) in [6, 6.07) is 8.52. The quantitative estimate of drug-likeness (QED) is 0.416. The summed E-state index contributed by atoms with van der Waals surface area (Å²) in [5, 5.41) is 8.49. The molecular formula is C24H22F3N5O. The highest BCUT2D eigenvalue weighted by Crippen LogP contribution is 2.39. The average Bonchev–Trinajstić information content (AvgIpc) is 3.48. The summed E-state index contributed by atoms with van der Waals surface area (Å²) in [6.45, 7) is 1.25. The molecule has 3 aromatic heterocycles. The normalized spacial score (nSPS) is 15.2. The zero-order chi connectivity index (χ0) is 23.0. The van der Waals surface area contributed by atoms with Gasteiger partial charge in [0.2, 0.25) is 0 Å². The Morgan fingerprint density at radius 3 is 2.39 bits per heavy atom. The van der Waals surface area contributed by atoms with Gasteiger partial charge < -0.3 is 4.74 Å². The van der Waals surface area contributed by atoms with Crippen LogP contribution in [0.15, 0.2) is 61.3 Å². The highest BCUT2D eigenvalue weighted by molar-refractivity contribution is 5.74. The van der Waals surface area contributed by atoms with Crippen LogP contribution in [0.25, 0.3) is 33.5 Å². The summed E-state index contributed by atoms with van der Waals surface area (Å²) in [4.78, 5) is 4.38. The topological polar surface area (TPSA) is 57.8 Å². The molecule has 170 valence electrons. The lowest BCUT2D eigenvalue weighted by atomic mass is 9.99. The van der Waals surface area contributed by atoms with Gasteiger partial charge in [-0.3, -0.25) is 14.3 Å². The maximum absolute atomic E-state index is 14.1. The largest absolute Gasteiger partial charge is 0.417 e. The number of pyridine rings is 1. The SMILES string of the molecule is Cn1cc(-c2cccc(-c3cc(C(F)(F)F)c(-c4cnn(C5CCOCC5)c4)cn3)c2)cn1. The van der Waals surface area contributed by atoms with Gasteiger partial charge in [-0.15, -0.1) is 0 Å². The highest BCUT2D eigenvalue weighted by atomic mass is 19.4. The van der Waals surface area contributed by atoms with Crippen molar-refractivity contribution in [1.82, 2.24) is 24.5 Å². The van der Waals surface area contributed by atoms with Crippen molar-refractivity contribution in [2.24, 2.45) is 7.05 Å². The van der Waals surface area contributed by atoms with Crippen LogP contribution in [0.3, 0.4) is 0 Å². The minimum absolute atomic E-state index is 0.0213. The van der Waals surface area contributed by atoms with Crippen molar-refractivity contribution in [1.29, 1.82) is 0 Å². The number of nitrogens with zero attached hydrogens (tertiary/aromatic N) is 5. The summed E-state index contributed by atoms with van der Waals surface area (Å²) in [6.07, 6.45) is 5.06. The molecule has 4 aromatic rings. The summed E-state index contributed by atoms with van der Waals surface area (Å²) >= 11 is 0. The summed E-state index contributed by atoms with van der Waals surface area (Å²) in [7, 11) is 1.81. The second-order valence-corrected chi connectivity index (χ2v) is 8.15. The molecule has 0 bridgehead atoms. The summed E-state index contributed by atoms with van der Waals surface area (Å²) in [5.74, 6) is 0. The molecule has 9 heteroatoms. The molecule has 1 saturated heterocycles. The van der Waals surface area contributed by atoms with E-state index in [2.05, 4.69) is 15.2 Å². The van der Waals surface area contributed by atoms with Gasteiger partial charge in [0.15, 0.2) is 0 Å². The zero-order valence-electron chi connectivity index (χ0n) is 18.0. The minimum Gasteiger partial charge on any atom is -0.381 e. The third kappa shape index (κ3) is 4.41. The van der Waals surface area contributed by atoms with Gasteiger partial charge in [-0.2, -0.15) is 23.4 Å². The molecule has 1 aliphatic rings. The number of hydrogen-bond donors (Lipinski definition) is 0. The van der Waals surface area contributed by atoms with E-state index in [-0.39, 0.29) is 17.3 Å². The smallest absolute Gasteiger partial charge is 0.381 e. The Balaban J connectivity index is 1.52. The van der Waals surface area contributed by atoms with Gasteiger partial charge in [-0.1, -0.05) is 18.2 Å². The molecule has 4 heterocycles. The van der Waals surface area contributed by atoms with E-state index in [1.807, 2.05) is 25.4 Å². The lowest BCUT2D eigenvalue weighted by Crippen LogP contribution is -2.19. The molecule has 33 heavy (non-hydrogen) atoms. The third-order valence-corrected chi connectivity index (χ3v) is 5.88. The van der Waals surface area contributed by atoms with E-state index in [1.165, 1.54) is 12.4 Å². The molecule has 0 radical (unpaired) electrons. The van der Waals surface area contributed by atoms with Gasteiger partial charge in [0.05, 0.1) is 29.7 Å². The zero-order valence-corrected chi connectivity index (χ0v) is 18.0. The number of hydrogen-bond acceptors (Lipinski definition) is 4. The maximum Gasteiger partial charge on any atom is 0.417 e. The molecule has 1 fully saturated rings. The van der Waals surface area contributed by atoms with Crippen LogP contribution >= 0.6 is 0 Å². The fourth-order valence-corrected chi connectivity index (χ4v) is 4.13. The van der Waals surface area contributed by atoms with Crippen LogP contribution in [0.4, 0.5) is 13.2 Å². The van der Waals surface area contributed by atoms with Gasteiger partial charge in [0.1, 0.15) is 0 Å². The number of halogens is 3. The van der Waals surface area contributed by atoms with Crippen molar-refractivity contribution in [2.75, 3.05) is 13.2 Å². The molecule has 0 spiro atoms. The highest BCUT2D eigenvalue weighted by Gasteiger charge is 2.35. The number of aryl methyl sites for hydroxylation is 1. The Bertz CT molecular complexity index is 1270. The predicted molar refractivity (Wildman–Crippen MR) is 117 cm³/mol. The van der Waals surface area contributed by atoms with E-state index in [0.29, 0.717) is 24.3 Å². The molecule has 0 atom stereocenters. The molecule has 0 unspecified atom stereocenters. The van der Waals surface area contributed by atoms with E-state index in [0.717, 1.165) is 30.0 Å². The lowest BCUT2D eigenvalue weighted by molar-refractivity contribution is -0.137. The molecule has 5 rings (SSSR count). The van der Waals surface area contributed by atoms with Gasteiger partial charge in [0, 0.05) is 61.1 Å². The van der Waals surface area contributed by atoms with E-state index in [9.17, 15) is 13.2 Å². The Kier molecular flexibility index (Phi) is 5.49. The molecule has 0 amide bonds. The van der Waals surface area contributed by atoms with Crippen molar-refractivity contribution in [2.45, 2.75) is 25.1 Å². The average molecular weight is 453 g/mol. The van der Waals surface area contributed by atoms with Crippen LogP contribution in [0.2, 0.25) is 0 Å². The predicted octanol–water partition coefficient (Wildman–Crippen LogP) is 5.38. The Morgan fingerprint density at radius 1 is 0.909 bits per heavy atom. The summed E-state index contributed by atoms with van der Waals surface area (Å²) < 4.78 is 50.9. The first-order valence-corrected chi connectivity index (χ1v) is 10.7. The minimum atomic E-state index is -4.53. The van der Waals surface area contributed by atoms with Crippen LogP contribution in [0, 0.1) is 0 Å². The van der Waals surface area contributed by atoms with Crippen LogP contribution in [-0.2, 0) is 18.0 Å². The van der Waals surface area contributed by atoms with Crippen LogP contribution < -0.4 is 0 Å². The number of rotatable bonds is 4. The molecule has 6 nitrogen and oxygen atoms in total. The number of aromatic nitrogens is 5. The Morgan fingerprint density at radius 2 is 1.67 bits per heavy atom. The first kappa shape index (κ1) is 21.4. The maximum atomic E-state index is 14.1. The van der Waals surface area contributed by atoms with Gasteiger partial charge in [0.25, 0.3) is 0 Å². The van der Waals surface area contributed by atoms with Crippen molar-refractivity contribution in [3.8, 4) is 33.5 Å². The van der Waals surface area contributed by atoms with Crippen LogP contribution in [0.1, 0.15) is 24.4 Å². The lowest BCUT2D eigenvalue weighted by Gasteiger charge is -2.22. The van der Waals surface area contributed by atoms with Gasteiger partial charge in [-0.05, 0) is 30.5 Å². The molecular weight excluding hydrogens is 431 g/mol. The van der Waals surface area contributed by atoms with Crippen molar-refractivity contribution in [3.05, 3.63) is 66.9 Å². The van der Waals surface area contributed by atoms with Crippen LogP contribution in [-0.4, -0.2) is 37.8 Å². The Hall–Kier alpha value is -3.46. The Labute approximate surface area is 188 Å². The molecule has 1 aromatic carbocycles. The summed E-state index contributed by atoms with van der Waals surface area (Å²) in [5.41, 5.74) is 2.29. The first-order chi connectivity index (χ1) is 15.9. The third-order valence-electron chi connectivity index (χ3n) is 5.88. The van der Waals surface area contributed by atoms with Crippen molar-refractivity contribution < 1.29 is 17.9 Å². The fourth-order valence-electron chi connectivity index (χ4n) is 4.13. The standard InChI is InChI=1S/C24H22F3N5O/c1-31-14-18(11-29-31)16-3-2-4-17(9-16)23-10-22(24(25,26)27)21(13-28-23)19-12-30-32(15-19)20-5-7-33-8-6-20/h2-4,9-15,20H,5-8H2,1H3. The fraction of sp³-hybridized carbons (Fsp3) is 0.292.